The zero-order valence-electron chi connectivity index (χ0n) is 21.8. The van der Waals surface area contributed by atoms with Crippen molar-refractivity contribution in [3.8, 4) is 5.88 Å². The Morgan fingerprint density at radius 2 is 1.71 bits per heavy atom. The van der Waals surface area contributed by atoms with Gasteiger partial charge in [0.25, 0.3) is 0 Å². The SMILES string of the molecule is CC(Oc1ccc(F)cn1)C1CCN(C(=O)C2CCN(C(=O)C3(C)CC3)CC2)CC1c1ccc(F)c(F)c1. The molecule has 0 N–H and O–H groups in total. The monoisotopic (exact) mass is 529 g/mol. The summed E-state index contributed by atoms with van der Waals surface area (Å²) in [5, 5.41) is 0. The summed E-state index contributed by atoms with van der Waals surface area (Å²) in [5.41, 5.74) is 0.394. The molecule has 1 aromatic heterocycles. The molecule has 3 heterocycles. The molecule has 1 aliphatic carbocycles. The Kier molecular flexibility index (Phi) is 7.38. The molecule has 3 unspecified atom stereocenters. The van der Waals surface area contributed by atoms with E-state index in [2.05, 4.69) is 4.98 Å². The third-order valence-electron chi connectivity index (χ3n) is 8.61. The van der Waals surface area contributed by atoms with E-state index in [-0.39, 0.29) is 47.0 Å². The molecule has 1 aromatic carbocycles. The van der Waals surface area contributed by atoms with Gasteiger partial charge < -0.3 is 14.5 Å². The van der Waals surface area contributed by atoms with Crippen LogP contribution in [0.25, 0.3) is 0 Å². The molecule has 2 amide bonds. The van der Waals surface area contributed by atoms with E-state index in [1.807, 2.05) is 23.6 Å². The van der Waals surface area contributed by atoms with Crippen molar-refractivity contribution in [3.63, 3.8) is 0 Å². The molecule has 204 valence electrons. The van der Waals surface area contributed by atoms with Crippen LogP contribution in [0.2, 0.25) is 0 Å². The van der Waals surface area contributed by atoms with E-state index in [0.717, 1.165) is 25.1 Å². The summed E-state index contributed by atoms with van der Waals surface area (Å²) in [6.07, 6.45) is 4.46. The van der Waals surface area contributed by atoms with Gasteiger partial charge in [0, 0.05) is 55.4 Å². The van der Waals surface area contributed by atoms with E-state index >= 15 is 0 Å². The number of ether oxygens (including phenoxy) is 1. The number of benzene rings is 1. The molecule has 3 fully saturated rings. The third-order valence-corrected chi connectivity index (χ3v) is 8.61. The Labute approximate surface area is 221 Å². The number of pyridine rings is 1. The molecule has 3 atom stereocenters. The summed E-state index contributed by atoms with van der Waals surface area (Å²) < 4.78 is 47.2. The highest BCUT2D eigenvalue weighted by Gasteiger charge is 2.48. The Bertz CT molecular complexity index is 1180. The Morgan fingerprint density at radius 3 is 2.34 bits per heavy atom. The molecule has 3 aliphatic rings. The zero-order valence-corrected chi connectivity index (χ0v) is 21.8. The van der Waals surface area contributed by atoms with Crippen LogP contribution >= 0.6 is 0 Å². The maximum Gasteiger partial charge on any atom is 0.228 e. The predicted molar refractivity (Wildman–Crippen MR) is 135 cm³/mol. The van der Waals surface area contributed by atoms with Crippen molar-refractivity contribution < 1.29 is 27.5 Å². The molecular weight excluding hydrogens is 495 g/mol. The van der Waals surface area contributed by atoms with E-state index in [1.54, 1.807) is 6.07 Å². The maximum absolute atomic E-state index is 14.2. The average molecular weight is 530 g/mol. The van der Waals surface area contributed by atoms with Gasteiger partial charge in [-0.25, -0.2) is 18.2 Å². The second-order valence-electron chi connectivity index (χ2n) is 11.3. The first-order valence-electron chi connectivity index (χ1n) is 13.5. The van der Waals surface area contributed by atoms with E-state index < -0.39 is 17.5 Å². The Balaban J connectivity index is 1.28. The van der Waals surface area contributed by atoms with Gasteiger partial charge in [-0.05, 0) is 62.8 Å². The van der Waals surface area contributed by atoms with Crippen molar-refractivity contribution in [3.05, 3.63) is 59.5 Å². The molecule has 2 aliphatic heterocycles. The summed E-state index contributed by atoms with van der Waals surface area (Å²) in [7, 11) is 0. The third kappa shape index (κ3) is 5.52. The van der Waals surface area contributed by atoms with Gasteiger partial charge in [0.2, 0.25) is 17.7 Å². The molecular formula is C29H34F3N3O3. The highest BCUT2D eigenvalue weighted by Crippen LogP contribution is 2.47. The molecule has 1 saturated carbocycles. The van der Waals surface area contributed by atoms with Crippen molar-refractivity contribution in [1.82, 2.24) is 14.8 Å². The smallest absolute Gasteiger partial charge is 0.228 e. The first kappa shape index (κ1) is 26.5. The quantitative estimate of drug-likeness (QED) is 0.532. The van der Waals surface area contributed by atoms with Crippen molar-refractivity contribution in [1.29, 1.82) is 0 Å². The number of amides is 2. The normalized spacial score (nSPS) is 24.1. The lowest BCUT2D eigenvalue weighted by Crippen LogP contribution is -2.50. The van der Waals surface area contributed by atoms with Gasteiger partial charge in [-0.3, -0.25) is 9.59 Å². The topological polar surface area (TPSA) is 62.7 Å². The van der Waals surface area contributed by atoms with Crippen molar-refractivity contribution in [2.24, 2.45) is 17.3 Å². The highest BCUT2D eigenvalue weighted by molar-refractivity contribution is 5.85. The number of carbonyl (C=O) groups is 2. The van der Waals surface area contributed by atoms with Crippen LogP contribution in [0, 0.1) is 34.7 Å². The molecule has 9 heteroatoms. The fraction of sp³-hybridized carbons (Fsp3) is 0.552. The number of hydrogen-bond donors (Lipinski definition) is 0. The number of nitrogens with zero attached hydrogens (tertiary/aromatic N) is 3. The van der Waals surface area contributed by atoms with Gasteiger partial charge in [0.05, 0.1) is 6.20 Å². The number of halogens is 3. The second-order valence-corrected chi connectivity index (χ2v) is 11.3. The first-order chi connectivity index (χ1) is 18.1. The number of carbonyl (C=O) groups excluding carboxylic acids is 2. The predicted octanol–water partition coefficient (Wildman–Crippen LogP) is 4.94. The summed E-state index contributed by atoms with van der Waals surface area (Å²) in [5.74, 6) is -2.33. The van der Waals surface area contributed by atoms with Crippen LogP contribution in [0.3, 0.4) is 0 Å². The van der Waals surface area contributed by atoms with Gasteiger partial charge in [0.1, 0.15) is 11.9 Å². The maximum atomic E-state index is 14.2. The fourth-order valence-electron chi connectivity index (χ4n) is 5.91. The van der Waals surface area contributed by atoms with Crippen molar-refractivity contribution in [2.75, 3.05) is 26.2 Å². The van der Waals surface area contributed by atoms with Gasteiger partial charge >= 0.3 is 0 Å². The largest absolute Gasteiger partial charge is 0.474 e. The van der Waals surface area contributed by atoms with E-state index in [0.29, 0.717) is 51.0 Å². The minimum atomic E-state index is -0.931. The van der Waals surface area contributed by atoms with Crippen LogP contribution < -0.4 is 4.74 Å². The number of aromatic nitrogens is 1. The van der Waals surface area contributed by atoms with E-state index in [1.165, 1.54) is 18.2 Å². The highest BCUT2D eigenvalue weighted by atomic mass is 19.2. The number of piperidine rings is 2. The Hall–Kier alpha value is -3.10. The molecule has 38 heavy (non-hydrogen) atoms. The summed E-state index contributed by atoms with van der Waals surface area (Å²) in [6.45, 7) is 5.94. The number of hydrogen-bond acceptors (Lipinski definition) is 4. The second kappa shape index (κ2) is 10.6. The summed E-state index contributed by atoms with van der Waals surface area (Å²) >= 11 is 0. The molecule has 2 saturated heterocycles. The zero-order chi connectivity index (χ0) is 27.0. The average Bonchev–Trinajstić information content (AvgIpc) is 3.68. The van der Waals surface area contributed by atoms with Crippen LogP contribution in [-0.4, -0.2) is 58.9 Å². The molecule has 5 rings (SSSR count). The van der Waals surface area contributed by atoms with Gasteiger partial charge in [-0.1, -0.05) is 13.0 Å². The van der Waals surface area contributed by atoms with Gasteiger partial charge in [0.15, 0.2) is 11.6 Å². The lowest BCUT2D eigenvalue weighted by Gasteiger charge is -2.43. The molecule has 0 spiro atoms. The number of rotatable bonds is 6. The van der Waals surface area contributed by atoms with Crippen LogP contribution in [0.5, 0.6) is 5.88 Å². The molecule has 0 bridgehead atoms. The van der Waals surface area contributed by atoms with Crippen LogP contribution in [0.4, 0.5) is 13.2 Å². The van der Waals surface area contributed by atoms with Crippen LogP contribution in [0.15, 0.2) is 36.5 Å². The molecule has 2 aromatic rings. The summed E-state index contributed by atoms with van der Waals surface area (Å²) in [4.78, 5) is 34.0. The molecule has 6 nitrogen and oxygen atoms in total. The van der Waals surface area contributed by atoms with E-state index in [9.17, 15) is 22.8 Å². The van der Waals surface area contributed by atoms with Crippen LogP contribution in [0.1, 0.15) is 57.4 Å². The minimum absolute atomic E-state index is 0.0505. The van der Waals surface area contributed by atoms with Gasteiger partial charge in [-0.15, -0.1) is 0 Å². The van der Waals surface area contributed by atoms with E-state index in [4.69, 9.17) is 4.74 Å². The summed E-state index contributed by atoms with van der Waals surface area (Å²) in [6, 6.07) is 6.61. The first-order valence-corrected chi connectivity index (χ1v) is 13.5. The van der Waals surface area contributed by atoms with Crippen LogP contribution in [-0.2, 0) is 9.59 Å². The van der Waals surface area contributed by atoms with Crippen molar-refractivity contribution >= 4 is 11.8 Å². The number of likely N-dealkylation sites (tertiary alicyclic amines) is 2. The molecule has 0 radical (unpaired) electrons. The Morgan fingerprint density at radius 1 is 1.00 bits per heavy atom. The minimum Gasteiger partial charge on any atom is -0.474 e. The lowest BCUT2D eigenvalue weighted by molar-refractivity contribution is -0.144. The van der Waals surface area contributed by atoms with Crippen molar-refractivity contribution in [2.45, 2.75) is 58.0 Å². The standard InChI is InChI=1S/C29H34F3N3O3/c1-18(38-26-6-4-21(30)16-33-26)22-9-14-35(17-23(22)20-3-5-24(31)25(32)15-20)27(36)19-7-12-34(13-8-19)28(37)29(2)10-11-29/h3-6,15-16,18-19,22-23H,7-14,17H2,1-2H3. The van der Waals surface area contributed by atoms with Gasteiger partial charge in [-0.2, -0.15) is 0 Å². The lowest BCUT2D eigenvalue weighted by atomic mass is 9.77. The fourth-order valence-corrected chi connectivity index (χ4v) is 5.91.